The molecule has 1 spiro atoms. The van der Waals surface area contributed by atoms with E-state index in [4.69, 9.17) is 23.7 Å². The zero-order valence-electron chi connectivity index (χ0n) is 34.8. The molecule has 1 saturated heterocycles. The lowest BCUT2D eigenvalue weighted by molar-refractivity contribution is -0.171. The molecule has 6 aliphatic rings. The van der Waals surface area contributed by atoms with Crippen molar-refractivity contribution in [3.05, 3.63) is 93.1 Å². The number of hydrogen-bond acceptors (Lipinski definition) is 9. The van der Waals surface area contributed by atoms with Gasteiger partial charge in [0, 0.05) is 53.1 Å². The lowest BCUT2D eigenvalue weighted by Crippen LogP contribution is -2.72. The molecule has 3 aliphatic heterocycles. The standard InChI is InChI=1S/C47H55NO9/c1-26(2)12-11-19-45(8)20-18-32-38(49)37-39(50)34-22-30-23-36-44(6,7)57-46(42(30)51,47(34,36)56-41(37)33(40(32)55-45)16-13-27(3)4)21-17-28(5)43(52)48-25-29-14-15-31(53-9)24-35(29)54-10/h12-15,17-18,20,22,24,30,36,49H,11,16,19,21,23,25H2,1-10H3,(H,48,52)/b28-17-. The Kier molecular flexibility index (Phi) is 10.1. The van der Waals surface area contributed by atoms with E-state index in [1.54, 1.807) is 45.4 Å². The van der Waals surface area contributed by atoms with Crippen LogP contribution in [0.3, 0.4) is 0 Å². The Labute approximate surface area is 335 Å². The summed E-state index contributed by atoms with van der Waals surface area (Å²) < 4.78 is 31.9. The van der Waals surface area contributed by atoms with Crippen molar-refractivity contribution in [1.29, 1.82) is 0 Å². The minimum absolute atomic E-state index is 0.00474. The Hall–Kier alpha value is -5.09. The summed E-state index contributed by atoms with van der Waals surface area (Å²) in [5.74, 6) is -0.209. The minimum atomic E-state index is -1.62. The molecule has 2 fully saturated rings. The molecule has 10 nitrogen and oxygen atoms in total. The van der Waals surface area contributed by atoms with Crippen LogP contribution in [0.4, 0.5) is 0 Å². The second-order valence-corrected chi connectivity index (χ2v) is 17.3. The number of methoxy groups -OCH3 is 2. The predicted molar refractivity (Wildman–Crippen MR) is 218 cm³/mol. The lowest BCUT2D eigenvalue weighted by Gasteiger charge is -2.56. The topological polar surface area (TPSA) is 130 Å². The SMILES string of the molecule is COc1ccc(CNC(=O)/C(C)=C\CC23OC(C)(C)C4CC(C=C5C(=O)c6c(O)c7c(c(CC=C(C)C)c6OC542)OC(C)(CCC=C(C)C)C=C7)C3=O)c(OC)c1. The first-order chi connectivity index (χ1) is 26.9. The number of carbonyl (C=O) groups excluding carboxylic acids is 3. The maximum atomic E-state index is 15.0. The molecule has 5 atom stereocenters. The van der Waals surface area contributed by atoms with Crippen molar-refractivity contribution < 1.29 is 43.2 Å². The molecule has 0 radical (unpaired) electrons. The molecule has 5 unspecified atom stereocenters. The van der Waals surface area contributed by atoms with Crippen molar-refractivity contribution in [2.45, 2.75) is 116 Å². The largest absolute Gasteiger partial charge is 0.506 e. The van der Waals surface area contributed by atoms with Gasteiger partial charge in [0.05, 0.1) is 25.4 Å². The molecule has 57 heavy (non-hydrogen) atoms. The number of rotatable bonds is 12. The third kappa shape index (κ3) is 6.40. The zero-order chi connectivity index (χ0) is 41.2. The average Bonchev–Trinajstić information content (AvgIpc) is 3.32. The van der Waals surface area contributed by atoms with Crippen molar-refractivity contribution >= 4 is 23.5 Å². The molecule has 302 valence electrons. The van der Waals surface area contributed by atoms with Gasteiger partial charge in [0.2, 0.25) is 5.91 Å². The van der Waals surface area contributed by atoms with E-state index >= 15 is 4.79 Å². The maximum absolute atomic E-state index is 15.0. The molecule has 10 heteroatoms. The lowest BCUT2D eigenvalue weighted by atomic mass is 9.51. The number of benzene rings is 2. The smallest absolute Gasteiger partial charge is 0.246 e. The fourth-order valence-electron chi connectivity index (χ4n) is 9.49. The quantitative estimate of drug-likeness (QED) is 0.161. The summed E-state index contributed by atoms with van der Waals surface area (Å²) in [6.07, 6.45) is 13.8. The summed E-state index contributed by atoms with van der Waals surface area (Å²) in [4.78, 5) is 43.4. The van der Waals surface area contributed by atoms with Gasteiger partial charge in [-0.2, -0.15) is 0 Å². The van der Waals surface area contributed by atoms with Gasteiger partial charge in [-0.15, -0.1) is 0 Å². The van der Waals surface area contributed by atoms with Crippen molar-refractivity contribution in [3.8, 4) is 28.7 Å². The number of aromatic hydroxyl groups is 1. The van der Waals surface area contributed by atoms with Gasteiger partial charge in [0.1, 0.15) is 39.9 Å². The van der Waals surface area contributed by atoms with Crippen molar-refractivity contribution in [1.82, 2.24) is 5.32 Å². The molecule has 1 saturated carbocycles. The molecule has 2 N–H and O–H groups in total. The number of fused-ring (bicyclic) bond motifs is 2. The Bertz CT molecular complexity index is 2210. The first-order valence-electron chi connectivity index (χ1n) is 19.8. The highest BCUT2D eigenvalue weighted by Crippen LogP contribution is 2.68. The van der Waals surface area contributed by atoms with E-state index in [0.29, 0.717) is 58.8 Å². The van der Waals surface area contributed by atoms with E-state index in [1.165, 1.54) is 5.57 Å². The van der Waals surface area contributed by atoms with Crippen LogP contribution >= 0.6 is 0 Å². The third-order valence-corrected chi connectivity index (χ3v) is 12.4. The molecule has 3 heterocycles. The summed E-state index contributed by atoms with van der Waals surface area (Å²) in [6, 6.07) is 5.38. The summed E-state index contributed by atoms with van der Waals surface area (Å²) in [5, 5.41) is 14.9. The number of amides is 1. The summed E-state index contributed by atoms with van der Waals surface area (Å²) >= 11 is 0. The van der Waals surface area contributed by atoms with Gasteiger partial charge in [-0.1, -0.05) is 35.5 Å². The second-order valence-electron chi connectivity index (χ2n) is 17.3. The number of Topliss-reactive ketones (excluding diaryl/α,β-unsaturated/α-hetero) is 2. The predicted octanol–water partition coefficient (Wildman–Crippen LogP) is 8.49. The number of phenolic OH excluding ortho intramolecular Hbond substituents is 1. The number of phenols is 1. The van der Waals surface area contributed by atoms with Crippen molar-refractivity contribution in [3.63, 3.8) is 0 Å². The highest BCUT2D eigenvalue weighted by molar-refractivity contribution is 6.19. The van der Waals surface area contributed by atoms with Gasteiger partial charge in [0.25, 0.3) is 0 Å². The second kappa shape index (κ2) is 14.4. The van der Waals surface area contributed by atoms with Gasteiger partial charge in [0.15, 0.2) is 22.8 Å². The monoisotopic (exact) mass is 777 g/mol. The number of carbonyl (C=O) groups is 3. The fourth-order valence-corrected chi connectivity index (χ4v) is 9.49. The van der Waals surface area contributed by atoms with E-state index in [9.17, 15) is 14.7 Å². The molecular weight excluding hydrogens is 723 g/mol. The Balaban J connectivity index is 1.30. The first kappa shape index (κ1) is 40.1. The van der Waals surface area contributed by atoms with E-state index in [0.717, 1.165) is 17.6 Å². The van der Waals surface area contributed by atoms with Crippen molar-refractivity contribution in [2.24, 2.45) is 11.8 Å². The summed E-state index contributed by atoms with van der Waals surface area (Å²) in [7, 11) is 3.13. The first-order valence-corrected chi connectivity index (χ1v) is 19.8. The van der Waals surface area contributed by atoms with Crippen LogP contribution in [0, 0.1) is 11.8 Å². The molecule has 3 aliphatic carbocycles. The Morgan fingerprint density at radius 3 is 2.40 bits per heavy atom. The van der Waals surface area contributed by atoms with Crippen LogP contribution in [0.5, 0.6) is 28.7 Å². The van der Waals surface area contributed by atoms with Crippen LogP contribution in [-0.2, 0) is 27.3 Å². The molecule has 2 aromatic carbocycles. The number of ether oxygens (including phenoxy) is 5. The molecule has 1 amide bonds. The van der Waals surface area contributed by atoms with Crippen LogP contribution in [-0.4, -0.2) is 59.2 Å². The minimum Gasteiger partial charge on any atom is -0.506 e. The van der Waals surface area contributed by atoms with Crippen molar-refractivity contribution in [2.75, 3.05) is 14.2 Å². The molecule has 4 bridgehead atoms. The van der Waals surface area contributed by atoms with Crippen LogP contribution in [0.1, 0.15) is 108 Å². The zero-order valence-corrected chi connectivity index (χ0v) is 34.8. The normalized spacial score (nSPS) is 27.3. The summed E-state index contributed by atoms with van der Waals surface area (Å²) in [5.41, 5.74) is 0.161. The Morgan fingerprint density at radius 1 is 0.982 bits per heavy atom. The average molecular weight is 778 g/mol. The van der Waals surface area contributed by atoms with Gasteiger partial charge >= 0.3 is 0 Å². The molecular formula is C47H55NO9. The van der Waals surface area contributed by atoms with E-state index in [1.807, 2.05) is 58.9 Å². The number of nitrogens with one attached hydrogen (secondary N) is 1. The maximum Gasteiger partial charge on any atom is 0.246 e. The Morgan fingerprint density at radius 2 is 1.72 bits per heavy atom. The van der Waals surface area contributed by atoms with Gasteiger partial charge in [-0.3, -0.25) is 14.4 Å². The van der Waals surface area contributed by atoms with Crippen LogP contribution < -0.4 is 24.3 Å². The van der Waals surface area contributed by atoms with Crippen LogP contribution in [0.2, 0.25) is 0 Å². The van der Waals surface area contributed by atoms with Crippen LogP contribution in [0.25, 0.3) is 6.08 Å². The van der Waals surface area contributed by atoms with Gasteiger partial charge < -0.3 is 34.1 Å². The van der Waals surface area contributed by atoms with Crippen LogP contribution in [0.15, 0.2) is 70.9 Å². The molecule has 2 aromatic rings. The number of ketones is 2. The number of hydrogen-bond donors (Lipinski definition) is 2. The van der Waals surface area contributed by atoms with E-state index in [-0.39, 0.29) is 53.4 Å². The molecule has 0 aromatic heterocycles. The molecule has 8 rings (SSSR count). The van der Waals surface area contributed by atoms with Gasteiger partial charge in [-0.25, -0.2) is 0 Å². The fraction of sp³-hybridized carbons (Fsp3) is 0.468. The summed E-state index contributed by atoms with van der Waals surface area (Å²) in [6.45, 7) is 15.9. The van der Waals surface area contributed by atoms with Gasteiger partial charge in [-0.05, 0) is 105 Å². The number of allylic oxidation sites excluding steroid dienone is 5. The highest BCUT2D eigenvalue weighted by Gasteiger charge is 2.81. The van der Waals surface area contributed by atoms with E-state index in [2.05, 4.69) is 25.2 Å². The van der Waals surface area contributed by atoms with E-state index < -0.39 is 28.3 Å². The third-order valence-electron chi connectivity index (χ3n) is 12.4. The highest BCUT2D eigenvalue weighted by atomic mass is 16.6.